The first-order valence-electron chi connectivity index (χ1n) is 6.86. The van der Waals surface area contributed by atoms with Gasteiger partial charge >= 0.3 is 0 Å². The maximum atomic E-state index is 6.01. The molecule has 1 atom stereocenters. The Hall–Kier alpha value is -1.71. The van der Waals surface area contributed by atoms with Crippen molar-refractivity contribution < 1.29 is 9.47 Å². The first-order chi connectivity index (χ1) is 10.1. The summed E-state index contributed by atoms with van der Waals surface area (Å²) in [4.78, 5) is 0. The minimum atomic E-state index is 0.326. The molecule has 1 unspecified atom stereocenters. The summed E-state index contributed by atoms with van der Waals surface area (Å²) in [6.07, 6.45) is 0. The molecule has 2 rings (SSSR count). The van der Waals surface area contributed by atoms with E-state index >= 15 is 0 Å². The van der Waals surface area contributed by atoms with Gasteiger partial charge in [0.05, 0.1) is 7.11 Å². The highest BCUT2D eigenvalue weighted by atomic mass is 35.5. The van der Waals surface area contributed by atoms with E-state index in [1.807, 2.05) is 31.3 Å². The molecule has 0 saturated carbocycles. The summed E-state index contributed by atoms with van der Waals surface area (Å²) in [5.41, 5.74) is 2.16. The second kappa shape index (κ2) is 7.34. The Kier molecular flexibility index (Phi) is 5.48. The standard InChI is InChI=1S/C17H20ClNO2/c1-12(19-2)13-4-7-16(8-5-13)21-11-14-10-15(18)6-9-17(14)20-3/h4-10,12,19H,11H2,1-3H3. The Labute approximate surface area is 130 Å². The summed E-state index contributed by atoms with van der Waals surface area (Å²) in [6.45, 7) is 2.54. The van der Waals surface area contributed by atoms with Crippen molar-refractivity contribution in [2.45, 2.75) is 19.6 Å². The minimum Gasteiger partial charge on any atom is -0.496 e. The van der Waals surface area contributed by atoms with Gasteiger partial charge in [0.15, 0.2) is 0 Å². The largest absolute Gasteiger partial charge is 0.496 e. The number of hydrogen-bond donors (Lipinski definition) is 1. The molecular weight excluding hydrogens is 286 g/mol. The first kappa shape index (κ1) is 15.7. The van der Waals surface area contributed by atoms with Gasteiger partial charge in [-0.3, -0.25) is 0 Å². The van der Waals surface area contributed by atoms with E-state index in [1.165, 1.54) is 5.56 Å². The zero-order chi connectivity index (χ0) is 15.2. The lowest BCUT2D eigenvalue weighted by atomic mass is 10.1. The van der Waals surface area contributed by atoms with Crippen LogP contribution in [0.3, 0.4) is 0 Å². The molecule has 0 spiro atoms. The summed E-state index contributed by atoms with van der Waals surface area (Å²) < 4.78 is 11.1. The fourth-order valence-electron chi connectivity index (χ4n) is 2.04. The van der Waals surface area contributed by atoms with E-state index in [1.54, 1.807) is 13.2 Å². The lowest BCUT2D eigenvalue weighted by Gasteiger charge is -2.13. The van der Waals surface area contributed by atoms with Crippen molar-refractivity contribution in [1.82, 2.24) is 5.32 Å². The van der Waals surface area contributed by atoms with Crippen molar-refractivity contribution in [1.29, 1.82) is 0 Å². The predicted molar refractivity (Wildman–Crippen MR) is 86.3 cm³/mol. The fraction of sp³-hybridized carbons (Fsp3) is 0.294. The van der Waals surface area contributed by atoms with Gasteiger partial charge in [0.1, 0.15) is 18.1 Å². The minimum absolute atomic E-state index is 0.326. The van der Waals surface area contributed by atoms with Crippen LogP contribution in [0.25, 0.3) is 0 Å². The maximum absolute atomic E-state index is 6.01. The van der Waals surface area contributed by atoms with E-state index in [0.717, 1.165) is 17.1 Å². The van der Waals surface area contributed by atoms with Gasteiger partial charge in [-0.25, -0.2) is 0 Å². The van der Waals surface area contributed by atoms with Gasteiger partial charge in [0.2, 0.25) is 0 Å². The maximum Gasteiger partial charge on any atom is 0.125 e. The van der Waals surface area contributed by atoms with Gasteiger partial charge in [-0.1, -0.05) is 23.7 Å². The number of nitrogens with one attached hydrogen (secondary N) is 1. The molecule has 0 aliphatic carbocycles. The van der Waals surface area contributed by atoms with E-state index in [9.17, 15) is 0 Å². The van der Waals surface area contributed by atoms with Crippen LogP contribution in [0.1, 0.15) is 24.1 Å². The summed E-state index contributed by atoms with van der Waals surface area (Å²) in [7, 11) is 3.58. The number of rotatable bonds is 6. The second-order valence-electron chi connectivity index (χ2n) is 4.82. The van der Waals surface area contributed by atoms with Crippen LogP contribution in [0.2, 0.25) is 5.02 Å². The molecule has 0 radical (unpaired) electrons. The number of ether oxygens (including phenoxy) is 2. The highest BCUT2D eigenvalue weighted by molar-refractivity contribution is 6.30. The quantitative estimate of drug-likeness (QED) is 0.867. The van der Waals surface area contributed by atoms with Crippen molar-refractivity contribution in [3.8, 4) is 11.5 Å². The average Bonchev–Trinajstić information content (AvgIpc) is 2.52. The lowest BCUT2D eigenvalue weighted by molar-refractivity contribution is 0.296. The van der Waals surface area contributed by atoms with E-state index in [4.69, 9.17) is 21.1 Å². The molecule has 0 aromatic heterocycles. The molecule has 0 fully saturated rings. The predicted octanol–water partition coefficient (Wildman–Crippen LogP) is 4.21. The molecule has 2 aromatic rings. The van der Waals surface area contributed by atoms with Crippen LogP contribution in [0.4, 0.5) is 0 Å². The molecule has 0 amide bonds. The van der Waals surface area contributed by atoms with E-state index in [0.29, 0.717) is 17.7 Å². The smallest absolute Gasteiger partial charge is 0.125 e. The Morgan fingerprint density at radius 1 is 1.14 bits per heavy atom. The third-order valence-corrected chi connectivity index (χ3v) is 3.68. The SMILES string of the molecule is CNC(C)c1ccc(OCc2cc(Cl)ccc2OC)cc1. The van der Waals surface area contributed by atoms with Crippen LogP contribution in [0.5, 0.6) is 11.5 Å². The van der Waals surface area contributed by atoms with Gasteiger partial charge < -0.3 is 14.8 Å². The van der Waals surface area contributed by atoms with Crippen LogP contribution >= 0.6 is 11.6 Å². The molecule has 2 aromatic carbocycles. The molecule has 112 valence electrons. The Bertz CT molecular complexity index is 584. The number of hydrogen-bond acceptors (Lipinski definition) is 3. The lowest BCUT2D eigenvalue weighted by Crippen LogP contribution is -2.11. The first-order valence-corrected chi connectivity index (χ1v) is 7.24. The molecule has 1 N–H and O–H groups in total. The highest BCUT2D eigenvalue weighted by Crippen LogP contribution is 2.25. The van der Waals surface area contributed by atoms with Crippen LogP contribution in [0.15, 0.2) is 42.5 Å². The van der Waals surface area contributed by atoms with Crippen molar-refractivity contribution in [2.24, 2.45) is 0 Å². The van der Waals surface area contributed by atoms with Gasteiger partial charge in [0.25, 0.3) is 0 Å². The Morgan fingerprint density at radius 3 is 2.48 bits per heavy atom. The Balaban J connectivity index is 2.04. The second-order valence-corrected chi connectivity index (χ2v) is 5.26. The molecule has 4 heteroatoms. The van der Waals surface area contributed by atoms with E-state index < -0.39 is 0 Å². The van der Waals surface area contributed by atoms with Gasteiger partial charge in [-0.05, 0) is 49.9 Å². The summed E-state index contributed by atoms with van der Waals surface area (Å²) in [5.74, 6) is 1.60. The zero-order valence-electron chi connectivity index (χ0n) is 12.5. The van der Waals surface area contributed by atoms with Crippen LogP contribution in [-0.2, 0) is 6.61 Å². The monoisotopic (exact) mass is 305 g/mol. The molecule has 0 heterocycles. The molecule has 0 saturated heterocycles. The molecular formula is C17H20ClNO2. The molecule has 3 nitrogen and oxygen atoms in total. The third kappa shape index (κ3) is 4.13. The molecule has 21 heavy (non-hydrogen) atoms. The van der Waals surface area contributed by atoms with Crippen LogP contribution in [0, 0.1) is 0 Å². The fourth-order valence-corrected chi connectivity index (χ4v) is 2.24. The zero-order valence-corrected chi connectivity index (χ0v) is 13.3. The molecule has 0 aliphatic heterocycles. The number of halogens is 1. The number of methoxy groups -OCH3 is 1. The van der Waals surface area contributed by atoms with Crippen molar-refractivity contribution >= 4 is 11.6 Å². The van der Waals surface area contributed by atoms with E-state index in [-0.39, 0.29) is 0 Å². The van der Waals surface area contributed by atoms with Gasteiger partial charge in [0, 0.05) is 16.6 Å². The van der Waals surface area contributed by atoms with Crippen LogP contribution in [-0.4, -0.2) is 14.2 Å². The van der Waals surface area contributed by atoms with Gasteiger partial charge in [-0.15, -0.1) is 0 Å². The van der Waals surface area contributed by atoms with Gasteiger partial charge in [-0.2, -0.15) is 0 Å². The topological polar surface area (TPSA) is 30.5 Å². The highest BCUT2D eigenvalue weighted by Gasteiger charge is 2.06. The molecule has 0 aliphatic rings. The third-order valence-electron chi connectivity index (χ3n) is 3.45. The average molecular weight is 306 g/mol. The van der Waals surface area contributed by atoms with Crippen molar-refractivity contribution in [2.75, 3.05) is 14.2 Å². The van der Waals surface area contributed by atoms with Crippen molar-refractivity contribution in [3.63, 3.8) is 0 Å². The summed E-state index contributed by atoms with van der Waals surface area (Å²) >= 11 is 6.01. The Morgan fingerprint density at radius 2 is 1.86 bits per heavy atom. The summed E-state index contributed by atoms with van der Waals surface area (Å²) in [6, 6.07) is 13.9. The van der Waals surface area contributed by atoms with E-state index in [2.05, 4.69) is 24.4 Å². The summed E-state index contributed by atoms with van der Waals surface area (Å²) in [5, 5.41) is 3.88. The van der Waals surface area contributed by atoms with Crippen molar-refractivity contribution in [3.05, 3.63) is 58.6 Å². The normalized spacial score (nSPS) is 12.0. The molecule has 0 bridgehead atoms. The number of benzene rings is 2. The van der Waals surface area contributed by atoms with Crippen LogP contribution < -0.4 is 14.8 Å².